The van der Waals surface area contributed by atoms with Crippen LogP contribution in [-0.2, 0) is 0 Å². The van der Waals surface area contributed by atoms with Crippen molar-refractivity contribution in [1.29, 1.82) is 0 Å². The van der Waals surface area contributed by atoms with Crippen molar-refractivity contribution in [3.8, 4) is 5.75 Å². The molecule has 2 fully saturated rings. The van der Waals surface area contributed by atoms with E-state index >= 15 is 0 Å². The van der Waals surface area contributed by atoms with E-state index in [-0.39, 0.29) is 29.3 Å². The van der Waals surface area contributed by atoms with Gasteiger partial charge < -0.3 is 25.1 Å². The Bertz CT molecular complexity index is 1190. The lowest BCUT2D eigenvalue weighted by molar-refractivity contribution is 0.0779. The third-order valence-electron chi connectivity index (χ3n) is 6.64. The maximum atomic E-state index is 13.0. The molecule has 0 radical (unpaired) electrons. The highest BCUT2D eigenvalue weighted by molar-refractivity contribution is 6.09. The molecule has 3 N–H and O–H groups in total. The van der Waals surface area contributed by atoms with Gasteiger partial charge in [0.25, 0.3) is 5.91 Å². The predicted octanol–water partition coefficient (Wildman–Crippen LogP) is 3.38. The minimum atomic E-state index is -0.745. The van der Waals surface area contributed by atoms with Crippen LogP contribution in [0, 0.1) is 6.92 Å². The summed E-state index contributed by atoms with van der Waals surface area (Å²) in [6.45, 7) is 5.00. The average molecular weight is 464 g/mol. The van der Waals surface area contributed by atoms with Gasteiger partial charge >= 0.3 is 6.03 Å². The molecule has 2 aromatic heterocycles. The highest BCUT2D eigenvalue weighted by Crippen LogP contribution is 2.31. The molecule has 178 valence electrons. The molecule has 0 spiro atoms. The molecule has 9 nitrogen and oxygen atoms in total. The molecule has 34 heavy (non-hydrogen) atoms. The van der Waals surface area contributed by atoms with Crippen LogP contribution in [0.3, 0.4) is 0 Å². The molecule has 2 saturated heterocycles. The molecule has 0 bridgehead atoms. The molecular weight excluding hydrogens is 434 g/mol. The fourth-order valence-corrected chi connectivity index (χ4v) is 4.83. The van der Waals surface area contributed by atoms with Gasteiger partial charge in [-0.25, -0.2) is 9.78 Å². The van der Waals surface area contributed by atoms with Gasteiger partial charge in [0.15, 0.2) is 0 Å². The number of hydrogen-bond acceptors (Lipinski definition) is 6. The highest BCUT2D eigenvalue weighted by atomic mass is 16.5. The number of benzene rings is 1. The van der Waals surface area contributed by atoms with E-state index < -0.39 is 5.91 Å². The highest BCUT2D eigenvalue weighted by Gasteiger charge is 2.34. The summed E-state index contributed by atoms with van der Waals surface area (Å²) in [6, 6.07) is 13.6. The van der Waals surface area contributed by atoms with Crippen molar-refractivity contribution in [3.05, 3.63) is 53.9 Å². The first kappa shape index (κ1) is 22.2. The van der Waals surface area contributed by atoms with Gasteiger partial charge in [-0.1, -0.05) is 18.2 Å². The fourth-order valence-electron chi connectivity index (χ4n) is 4.83. The van der Waals surface area contributed by atoms with Crippen molar-refractivity contribution in [2.75, 3.05) is 31.5 Å². The Hall–Kier alpha value is -3.59. The minimum Gasteiger partial charge on any atom is -0.490 e. The molecule has 5 rings (SSSR count). The van der Waals surface area contributed by atoms with Crippen LogP contribution in [0.5, 0.6) is 5.75 Å². The Labute approximate surface area is 197 Å². The summed E-state index contributed by atoms with van der Waals surface area (Å²) in [5.41, 5.74) is 6.79. The number of aromatic nitrogens is 1. The number of anilines is 1. The topological polar surface area (TPSA) is 114 Å². The maximum absolute atomic E-state index is 13.0. The lowest BCUT2D eigenvalue weighted by atomic mass is 10.0. The quantitative estimate of drug-likeness (QED) is 0.600. The van der Waals surface area contributed by atoms with Crippen molar-refractivity contribution < 1.29 is 18.7 Å². The number of primary amides is 1. The number of nitrogens with one attached hydrogen (secondary N) is 1. The standard InChI is InChI=1S/C25H29N5O4/c1-16-7-8-20-21(22(23(26)31)34-24(20)27-16)28-25(32)30-12-9-17(15-30)29-13-10-19(11-14-29)33-18-5-3-2-4-6-18/h2-8,17,19H,9-15H2,1H3,(H2,26,31)(H,28,32)/t17-/m1/s1. The number of nitrogens with two attached hydrogens (primary N) is 1. The van der Waals surface area contributed by atoms with Gasteiger partial charge in [0.05, 0.1) is 5.39 Å². The summed E-state index contributed by atoms with van der Waals surface area (Å²) in [4.78, 5) is 33.5. The van der Waals surface area contributed by atoms with E-state index in [1.54, 1.807) is 17.0 Å². The molecule has 0 aliphatic carbocycles. The van der Waals surface area contributed by atoms with E-state index in [1.165, 1.54) is 0 Å². The molecule has 4 heterocycles. The summed E-state index contributed by atoms with van der Waals surface area (Å²) in [5, 5.41) is 3.41. The van der Waals surface area contributed by atoms with E-state index in [1.807, 2.05) is 37.3 Å². The van der Waals surface area contributed by atoms with E-state index in [4.69, 9.17) is 14.9 Å². The zero-order valence-electron chi connectivity index (χ0n) is 19.2. The first-order valence-corrected chi connectivity index (χ1v) is 11.7. The number of ether oxygens (including phenoxy) is 1. The second kappa shape index (κ2) is 9.34. The number of hydrogen-bond donors (Lipinski definition) is 2. The first-order chi connectivity index (χ1) is 16.5. The van der Waals surface area contributed by atoms with Crippen LogP contribution in [0.4, 0.5) is 10.5 Å². The Morgan fingerprint density at radius 2 is 1.85 bits per heavy atom. The first-order valence-electron chi connectivity index (χ1n) is 11.7. The van der Waals surface area contributed by atoms with Crippen molar-refractivity contribution in [2.24, 2.45) is 5.73 Å². The Morgan fingerprint density at radius 1 is 1.09 bits per heavy atom. The molecule has 2 aliphatic heterocycles. The number of pyridine rings is 1. The van der Waals surface area contributed by atoms with Gasteiger partial charge in [-0.2, -0.15) is 0 Å². The molecule has 1 atom stereocenters. The number of likely N-dealkylation sites (tertiary alicyclic amines) is 2. The molecular formula is C25H29N5O4. The van der Waals surface area contributed by atoms with Gasteiger partial charge in [-0.15, -0.1) is 0 Å². The number of rotatable bonds is 5. The van der Waals surface area contributed by atoms with E-state index in [0.717, 1.165) is 43.8 Å². The summed E-state index contributed by atoms with van der Waals surface area (Å²) in [5.74, 6) is 0.0839. The van der Waals surface area contributed by atoms with Crippen molar-refractivity contribution in [3.63, 3.8) is 0 Å². The number of amides is 3. The van der Waals surface area contributed by atoms with Crippen LogP contribution < -0.4 is 15.8 Å². The van der Waals surface area contributed by atoms with Crippen molar-refractivity contribution in [2.45, 2.75) is 38.3 Å². The fraction of sp³-hybridized carbons (Fsp3) is 0.400. The number of aryl methyl sites for hydroxylation is 1. The number of para-hydroxylation sites is 1. The van der Waals surface area contributed by atoms with Crippen molar-refractivity contribution in [1.82, 2.24) is 14.8 Å². The lowest BCUT2D eigenvalue weighted by Crippen LogP contribution is -2.46. The van der Waals surface area contributed by atoms with Gasteiger partial charge in [-0.05, 0) is 50.5 Å². The van der Waals surface area contributed by atoms with Crippen LogP contribution in [0.25, 0.3) is 11.1 Å². The largest absolute Gasteiger partial charge is 0.490 e. The molecule has 3 aromatic rings. The Kier molecular flexibility index (Phi) is 6.10. The number of furan rings is 1. The summed E-state index contributed by atoms with van der Waals surface area (Å²) < 4.78 is 11.6. The number of fused-ring (bicyclic) bond motifs is 1. The summed E-state index contributed by atoms with van der Waals surface area (Å²) in [7, 11) is 0. The number of urea groups is 1. The molecule has 1 aromatic carbocycles. The van der Waals surface area contributed by atoms with Crippen LogP contribution >= 0.6 is 0 Å². The lowest BCUT2D eigenvalue weighted by Gasteiger charge is -2.35. The molecule has 9 heteroatoms. The van der Waals surface area contributed by atoms with E-state index in [9.17, 15) is 9.59 Å². The molecule has 0 saturated carbocycles. The maximum Gasteiger partial charge on any atom is 0.322 e. The SMILES string of the molecule is Cc1ccc2c(NC(=O)N3CC[C@@H](N4CCC(Oc5ccccc5)CC4)C3)c(C(N)=O)oc2n1. The average Bonchev–Trinajstić information content (AvgIpc) is 3.46. The number of piperidine rings is 1. The minimum absolute atomic E-state index is 0.0855. The summed E-state index contributed by atoms with van der Waals surface area (Å²) in [6.07, 6.45) is 3.06. The second-order valence-corrected chi connectivity index (χ2v) is 8.96. The number of nitrogens with zero attached hydrogens (tertiary/aromatic N) is 3. The van der Waals surface area contributed by atoms with Crippen LogP contribution in [0.1, 0.15) is 35.5 Å². The Balaban J connectivity index is 1.19. The van der Waals surface area contributed by atoms with Crippen LogP contribution in [0.2, 0.25) is 0 Å². The Morgan fingerprint density at radius 3 is 2.59 bits per heavy atom. The normalized spacial score (nSPS) is 19.4. The molecule has 2 aliphatic rings. The smallest absolute Gasteiger partial charge is 0.322 e. The van der Waals surface area contributed by atoms with E-state index in [0.29, 0.717) is 24.5 Å². The predicted molar refractivity (Wildman–Crippen MR) is 128 cm³/mol. The van der Waals surface area contributed by atoms with Crippen LogP contribution in [-0.4, -0.2) is 65.0 Å². The zero-order valence-corrected chi connectivity index (χ0v) is 19.2. The third-order valence-corrected chi connectivity index (χ3v) is 6.64. The summed E-state index contributed by atoms with van der Waals surface area (Å²) >= 11 is 0. The third kappa shape index (κ3) is 4.56. The van der Waals surface area contributed by atoms with Gasteiger partial charge in [0.2, 0.25) is 11.5 Å². The van der Waals surface area contributed by atoms with Crippen LogP contribution in [0.15, 0.2) is 46.9 Å². The number of carbonyl (C=O) groups excluding carboxylic acids is 2. The van der Waals surface area contributed by atoms with Gasteiger partial charge in [-0.3, -0.25) is 9.69 Å². The second-order valence-electron chi connectivity index (χ2n) is 8.96. The number of carbonyl (C=O) groups is 2. The van der Waals surface area contributed by atoms with Gasteiger partial charge in [0.1, 0.15) is 17.5 Å². The molecule has 0 unspecified atom stereocenters. The van der Waals surface area contributed by atoms with Crippen molar-refractivity contribution >= 4 is 28.7 Å². The van der Waals surface area contributed by atoms with Gasteiger partial charge in [0, 0.05) is 37.9 Å². The monoisotopic (exact) mass is 463 g/mol. The zero-order chi connectivity index (χ0) is 23.7. The van der Waals surface area contributed by atoms with E-state index in [2.05, 4.69) is 15.2 Å². The molecule has 3 amide bonds.